The number of methoxy groups -OCH3 is 1. The van der Waals surface area contributed by atoms with Gasteiger partial charge in [-0.15, -0.1) is 11.8 Å². The van der Waals surface area contributed by atoms with Gasteiger partial charge < -0.3 is 14.5 Å². The highest BCUT2D eigenvalue weighted by Gasteiger charge is 2.69. The fourth-order valence-electron chi connectivity index (χ4n) is 8.01. The van der Waals surface area contributed by atoms with Crippen LogP contribution in [0.15, 0.2) is 82.6 Å². The molecule has 3 heterocycles. The second kappa shape index (κ2) is 10.3. The standard InChI is InChI=1S/C33H27ClN2O5S2/c1-40-23-13-17(10-11-22(23)41-15-16-6-5-7-18(34)12-16)24-25-20-14-21(28(25)42-30-29(24)43-33(39)35-30)27-26(20)31(37)36(32(27)38)19-8-3-2-4-9-19/h2-13,20-21,24-28H,14-15H2,1H3,(H,35,39)/t20-,21-,24?,25?,26?,27?,28?/m1/s1. The van der Waals surface area contributed by atoms with Crippen LogP contribution in [0.5, 0.6) is 11.5 Å². The lowest BCUT2D eigenvalue weighted by atomic mass is 9.68. The van der Waals surface area contributed by atoms with Crippen LogP contribution in [0.3, 0.4) is 0 Å². The van der Waals surface area contributed by atoms with Crippen molar-refractivity contribution >= 4 is 52.2 Å². The molecule has 43 heavy (non-hydrogen) atoms. The monoisotopic (exact) mass is 630 g/mol. The van der Waals surface area contributed by atoms with E-state index in [-0.39, 0.29) is 57.4 Å². The summed E-state index contributed by atoms with van der Waals surface area (Å²) in [5, 5.41) is 1.64. The quantitative estimate of drug-likeness (QED) is 0.250. The molecule has 3 fully saturated rings. The lowest BCUT2D eigenvalue weighted by Crippen LogP contribution is -2.42. The molecule has 2 saturated carbocycles. The summed E-state index contributed by atoms with van der Waals surface area (Å²) < 4.78 is 11.9. The third-order valence-electron chi connectivity index (χ3n) is 9.57. The van der Waals surface area contributed by atoms with E-state index in [0.29, 0.717) is 28.8 Å². The Morgan fingerprint density at radius 2 is 1.72 bits per heavy atom. The number of rotatable bonds is 6. The van der Waals surface area contributed by atoms with E-state index in [0.717, 1.165) is 27.5 Å². The van der Waals surface area contributed by atoms with E-state index in [1.165, 1.54) is 16.2 Å². The number of ether oxygens (including phenoxy) is 2. The number of nitrogens with zero attached hydrogens (tertiary/aromatic N) is 1. The molecule has 1 saturated heterocycles. The largest absolute Gasteiger partial charge is 0.493 e. The molecule has 2 amide bonds. The number of hydrogen-bond acceptors (Lipinski definition) is 7. The van der Waals surface area contributed by atoms with Gasteiger partial charge in [0, 0.05) is 21.1 Å². The predicted molar refractivity (Wildman–Crippen MR) is 166 cm³/mol. The third-order valence-corrected chi connectivity index (χ3v) is 12.4. The van der Waals surface area contributed by atoms with Gasteiger partial charge in [0.2, 0.25) is 11.8 Å². The first-order valence-corrected chi connectivity index (χ1v) is 16.4. The Hall–Kier alpha value is -3.53. The molecule has 2 bridgehead atoms. The lowest BCUT2D eigenvalue weighted by Gasteiger charge is -2.43. The Kier molecular flexibility index (Phi) is 6.47. The summed E-state index contributed by atoms with van der Waals surface area (Å²) in [6.45, 7) is 0.339. The molecule has 0 radical (unpaired) electrons. The number of benzene rings is 3. The predicted octanol–water partition coefficient (Wildman–Crippen LogP) is 6.36. The third kappa shape index (κ3) is 4.19. The molecule has 2 aliphatic heterocycles. The Bertz CT molecular complexity index is 1820. The number of para-hydroxylation sites is 1. The molecule has 0 spiro atoms. The maximum Gasteiger partial charge on any atom is 0.305 e. The molecular weight excluding hydrogens is 604 g/mol. The van der Waals surface area contributed by atoms with Crippen LogP contribution in [0.1, 0.15) is 28.3 Å². The molecule has 1 aromatic heterocycles. The van der Waals surface area contributed by atoms with Crippen LogP contribution in [0, 0.1) is 29.6 Å². The summed E-state index contributed by atoms with van der Waals surface area (Å²) in [6.07, 6.45) is 0.839. The van der Waals surface area contributed by atoms with Gasteiger partial charge in [0.05, 0.1) is 29.7 Å². The number of carbonyl (C=O) groups excluding carboxylic acids is 2. The van der Waals surface area contributed by atoms with Crippen molar-refractivity contribution in [2.24, 2.45) is 29.6 Å². The van der Waals surface area contributed by atoms with Crippen molar-refractivity contribution in [1.82, 2.24) is 4.98 Å². The molecule has 2 aliphatic carbocycles. The van der Waals surface area contributed by atoms with Crippen LogP contribution in [-0.2, 0) is 16.2 Å². The van der Waals surface area contributed by atoms with Crippen molar-refractivity contribution in [3.8, 4) is 11.5 Å². The molecule has 8 rings (SSSR count). The van der Waals surface area contributed by atoms with Crippen LogP contribution >= 0.6 is 34.7 Å². The molecule has 5 unspecified atom stereocenters. The Morgan fingerprint density at radius 3 is 2.49 bits per heavy atom. The number of H-pyrrole nitrogens is 1. The van der Waals surface area contributed by atoms with Crippen molar-refractivity contribution in [3.05, 3.63) is 103 Å². The van der Waals surface area contributed by atoms with Crippen LogP contribution < -0.4 is 19.2 Å². The number of anilines is 1. The lowest BCUT2D eigenvalue weighted by molar-refractivity contribution is -0.123. The van der Waals surface area contributed by atoms with Crippen LogP contribution in [-0.4, -0.2) is 29.2 Å². The first kappa shape index (κ1) is 27.0. The van der Waals surface area contributed by atoms with Gasteiger partial charge in [0.1, 0.15) is 6.61 Å². The summed E-state index contributed by atoms with van der Waals surface area (Å²) in [4.78, 5) is 45.7. The van der Waals surface area contributed by atoms with Crippen molar-refractivity contribution in [2.75, 3.05) is 12.0 Å². The van der Waals surface area contributed by atoms with Crippen molar-refractivity contribution in [2.45, 2.75) is 29.2 Å². The van der Waals surface area contributed by atoms with E-state index in [4.69, 9.17) is 21.1 Å². The maximum atomic E-state index is 13.9. The van der Waals surface area contributed by atoms with Crippen LogP contribution in [0.4, 0.5) is 5.69 Å². The average molecular weight is 631 g/mol. The summed E-state index contributed by atoms with van der Waals surface area (Å²) in [7, 11) is 1.62. The minimum Gasteiger partial charge on any atom is -0.493 e. The molecule has 10 heteroatoms. The number of imide groups is 1. The summed E-state index contributed by atoms with van der Waals surface area (Å²) in [5.74, 6) is 0.464. The van der Waals surface area contributed by atoms with E-state index < -0.39 is 0 Å². The number of amides is 2. The molecule has 4 aromatic rings. The van der Waals surface area contributed by atoms with Crippen LogP contribution in [0.2, 0.25) is 5.02 Å². The number of aromatic amines is 1. The number of fused-ring (bicyclic) bond motifs is 9. The minimum absolute atomic E-state index is 0.0396. The number of carbonyl (C=O) groups is 2. The first-order valence-electron chi connectivity index (χ1n) is 14.3. The van der Waals surface area contributed by atoms with E-state index in [2.05, 4.69) is 4.98 Å². The molecule has 4 aliphatic rings. The van der Waals surface area contributed by atoms with E-state index in [9.17, 15) is 14.4 Å². The highest BCUT2D eigenvalue weighted by molar-refractivity contribution is 8.00. The fraction of sp³-hybridized carbons (Fsp3) is 0.303. The number of hydrogen-bond donors (Lipinski definition) is 1. The molecule has 1 N–H and O–H groups in total. The first-order chi connectivity index (χ1) is 20.9. The van der Waals surface area contributed by atoms with Gasteiger partial charge >= 0.3 is 4.87 Å². The zero-order chi connectivity index (χ0) is 29.4. The summed E-state index contributed by atoms with van der Waals surface area (Å²) in [5.41, 5.74) is 2.60. The Morgan fingerprint density at radius 1 is 0.930 bits per heavy atom. The zero-order valence-corrected chi connectivity index (χ0v) is 25.5. The van der Waals surface area contributed by atoms with Gasteiger partial charge in [-0.3, -0.25) is 19.3 Å². The Labute approximate surface area is 261 Å². The van der Waals surface area contributed by atoms with Gasteiger partial charge in [-0.2, -0.15) is 0 Å². The highest BCUT2D eigenvalue weighted by atomic mass is 35.5. The molecule has 7 atom stereocenters. The zero-order valence-electron chi connectivity index (χ0n) is 23.1. The van der Waals surface area contributed by atoms with Crippen LogP contribution in [0.25, 0.3) is 0 Å². The normalized spacial score (nSPS) is 28.5. The van der Waals surface area contributed by atoms with Crippen molar-refractivity contribution in [3.63, 3.8) is 0 Å². The van der Waals surface area contributed by atoms with Crippen molar-refractivity contribution < 1.29 is 19.1 Å². The fourth-order valence-corrected chi connectivity index (χ4v) is 11.1. The SMILES string of the molecule is COc1cc(C2c3sc(=O)[nH]c3SC3C2[C@H]2C[C@@H]3C3C(=O)N(c4ccccc4)C(=O)C32)ccc1OCc1cccc(Cl)c1. The average Bonchev–Trinajstić information content (AvgIpc) is 3.75. The van der Waals surface area contributed by atoms with Gasteiger partial charge in [-0.25, -0.2) is 0 Å². The molecule has 7 nitrogen and oxygen atoms in total. The number of nitrogens with one attached hydrogen (secondary N) is 1. The number of aromatic nitrogens is 1. The van der Waals surface area contributed by atoms with Gasteiger partial charge in [-0.05, 0) is 71.7 Å². The minimum atomic E-state index is -0.346. The second-order valence-electron chi connectivity index (χ2n) is 11.6. The summed E-state index contributed by atoms with van der Waals surface area (Å²) >= 11 is 9.07. The highest BCUT2D eigenvalue weighted by Crippen LogP contribution is 2.68. The van der Waals surface area contributed by atoms with E-state index in [1.807, 2.05) is 72.8 Å². The number of thioether (sulfide) groups is 1. The topological polar surface area (TPSA) is 88.7 Å². The smallest absolute Gasteiger partial charge is 0.305 e. The summed E-state index contributed by atoms with van der Waals surface area (Å²) in [6, 6.07) is 22.8. The van der Waals surface area contributed by atoms with E-state index >= 15 is 0 Å². The maximum absolute atomic E-state index is 13.9. The van der Waals surface area contributed by atoms with Gasteiger partial charge in [0.15, 0.2) is 11.5 Å². The molecule has 3 aromatic carbocycles. The second-order valence-corrected chi connectivity index (χ2v) is 14.3. The molecular formula is C33H27ClN2O5S2. The molecule has 218 valence electrons. The number of halogens is 1. The van der Waals surface area contributed by atoms with Gasteiger partial charge in [0.25, 0.3) is 0 Å². The Balaban J connectivity index is 1.15. The van der Waals surface area contributed by atoms with E-state index in [1.54, 1.807) is 18.9 Å². The van der Waals surface area contributed by atoms with Crippen molar-refractivity contribution in [1.29, 1.82) is 0 Å². The van der Waals surface area contributed by atoms with Gasteiger partial charge in [-0.1, -0.05) is 59.3 Å². The number of thiazole rings is 1.